The van der Waals surface area contributed by atoms with Crippen molar-refractivity contribution in [1.82, 2.24) is 5.32 Å². The normalized spacial score (nSPS) is 14.0. The highest BCUT2D eigenvalue weighted by atomic mass is 16.3. The van der Waals surface area contributed by atoms with Gasteiger partial charge in [-0.1, -0.05) is 13.0 Å². The first-order chi connectivity index (χ1) is 6.33. The summed E-state index contributed by atoms with van der Waals surface area (Å²) >= 11 is 0. The SMILES string of the molecule is C=C(O)[C@@H](N)CCCCNC(C)(C)C. The molecule has 14 heavy (non-hydrogen) atoms. The average molecular weight is 200 g/mol. The number of hydrogen-bond acceptors (Lipinski definition) is 3. The lowest BCUT2D eigenvalue weighted by Crippen LogP contribution is -2.36. The van der Waals surface area contributed by atoms with Crippen LogP contribution in [0.3, 0.4) is 0 Å². The summed E-state index contributed by atoms with van der Waals surface area (Å²) < 4.78 is 0. The van der Waals surface area contributed by atoms with Crippen LogP contribution in [-0.2, 0) is 0 Å². The minimum atomic E-state index is -0.260. The fourth-order valence-corrected chi connectivity index (χ4v) is 1.12. The van der Waals surface area contributed by atoms with Gasteiger partial charge in [-0.25, -0.2) is 0 Å². The summed E-state index contributed by atoms with van der Waals surface area (Å²) in [6.07, 6.45) is 2.91. The maximum Gasteiger partial charge on any atom is 0.102 e. The minimum absolute atomic E-state index is 0.0915. The molecule has 0 aliphatic heterocycles. The van der Waals surface area contributed by atoms with Gasteiger partial charge in [0, 0.05) is 5.54 Å². The van der Waals surface area contributed by atoms with Gasteiger partial charge in [-0.05, 0) is 40.2 Å². The lowest BCUT2D eigenvalue weighted by atomic mass is 10.1. The molecular formula is C11H24N2O. The number of rotatable bonds is 6. The summed E-state index contributed by atoms with van der Waals surface area (Å²) in [6.45, 7) is 10.8. The molecule has 0 aromatic heterocycles. The van der Waals surface area contributed by atoms with Gasteiger partial charge in [0.1, 0.15) is 5.76 Å². The second kappa shape index (κ2) is 6.04. The summed E-state index contributed by atoms with van der Waals surface area (Å²) in [5.74, 6) is 0.0915. The lowest BCUT2D eigenvalue weighted by Gasteiger charge is -2.20. The second-order valence-corrected chi connectivity index (χ2v) is 4.77. The predicted molar refractivity (Wildman–Crippen MR) is 61.4 cm³/mol. The van der Waals surface area contributed by atoms with Gasteiger partial charge < -0.3 is 16.2 Å². The first-order valence-corrected chi connectivity index (χ1v) is 5.21. The highest BCUT2D eigenvalue weighted by Crippen LogP contribution is 2.04. The van der Waals surface area contributed by atoms with Crippen molar-refractivity contribution in [3.63, 3.8) is 0 Å². The molecule has 4 N–H and O–H groups in total. The Labute approximate surface area is 87.4 Å². The molecule has 0 rings (SSSR count). The van der Waals surface area contributed by atoms with Gasteiger partial charge in [-0.2, -0.15) is 0 Å². The van der Waals surface area contributed by atoms with Crippen LogP contribution in [0.1, 0.15) is 40.0 Å². The molecule has 0 aromatic rings. The molecule has 0 heterocycles. The van der Waals surface area contributed by atoms with Crippen LogP contribution in [-0.4, -0.2) is 23.2 Å². The molecule has 0 amide bonds. The van der Waals surface area contributed by atoms with E-state index >= 15 is 0 Å². The van der Waals surface area contributed by atoms with E-state index in [-0.39, 0.29) is 17.3 Å². The van der Waals surface area contributed by atoms with Crippen molar-refractivity contribution in [3.8, 4) is 0 Å². The Morgan fingerprint density at radius 1 is 1.43 bits per heavy atom. The molecule has 0 saturated carbocycles. The smallest absolute Gasteiger partial charge is 0.102 e. The van der Waals surface area contributed by atoms with Crippen LogP contribution < -0.4 is 11.1 Å². The van der Waals surface area contributed by atoms with Gasteiger partial charge in [0.2, 0.25) is 0 Å². The molecule has 0 spiro atoms. The summed E-state index contributed by atoms with van der Waals surface area (Å²) in [6, 6.07) is -0.260. The average Bonchev–Trinajstić information content (AvgIpc) is 2.01. The van der Waals surface area contributed by atoms with E-state index in [0.29, 0.717) is 0 Å². The molecule has 0 bridgehead atoms. The number of unbranched alkanes of at least 4 members (excludes halogenated alkanes) is 1. The standard InChI is InChI=1S/C11H24N2O/c1-9(14)10(12)7-5-6-8-13-11(2,3)4/h10,13-14H,1,5-8,12H2,2-4H3/t10-/m0/s1. The molecule has 1 atom stereocenters. The summed E-state index contributed by atoms with van der Waals surface area (Å²) in [5.41, 5.74) is 5.80. The zero-order valence-corrected chi connectivity index (χ0v) is 9.64. The van der Waals surface area contributed by atoms with Crippen molar-refractivity contribution >= 4 is 0 Å². The molecule has 0 aliphatic carbocycles. The van der Waals surface area contributed by atoms with Crippen molar-refractivity contribution in [1.29, 1.82) is 0 Å². The largest absolute Gasteiger partial charge is 0.511 e. The Kier molecular flexibility index (Phi) is 5.81. The van der Waals surface area contributed by atoms with E-state index in [1.807, 2.05) is 0 Å². The number of nitrogens with one attached hydrogen (secondary N) is 1. The predicted octanol–water partition coefficient (Wildman–Crippen LogP) is 1.94. The fraction of sp³-hybridized carbons (Fsp3) is 0.818. The molecule has 0 aliphatic rings. The number of hydrogen-bond donors (Lipinski definition) is 3. The monoisotopic (exact) mass is 200 g/mol. The van der Waals surface area contributed by atoms with Gasteiger partial charge in [0.05, 0.1) is 6.04 Å². The molecule has 0 unspecified atom stereocenters. The second-order valence-electron chi connectivity index (χ2n) is 4.77. The van der Waals surface area contributed by atoms with E-state index in [9.17, 15) is 0 Å². The molecule has 3 heteroatoms. The van der Waals surface area contributed by atoms with E-state index in [1.54, 1.807) is 0 Å². The lowest BCUT2D eigenvalue weighted by molar-refractivity contribution is 0.355. The Bertz CT molecular complexity index is 173. The minimum Gasteiger partial charge on any atom is -0.511 e. The number of nitrogens with two attached hydrogens (primary N) is 1. The molecule has 0 fully saturated rings. The maximum absolute atomic E-state index is 8.97. The van der Waals surface area contributed by atoms with Crippen LogP contribution >= 0.6 is 0 Å². The van der Waals surface area contributed by atoms with Gasteiger partial charge in [-0.15, -0.1) is 0 Å². The highest BCUT2D eigenvalue weighted by molar-refractivity contribution is 4.91. The molecule has 0 aromatic carbocycles. The van der Waals surface area contributed by atoms with Crippen LogP contribution in [0.5, 0.6) is 0 Å². The van der Waals surface area contributed by atoms with E-state index in [4.69, 9.17) is 10.8 Å². The number of aliphatic hydroxyl groups is 1. The zero-order chi connectivity index (χ0) is 11.2. The Balaban J connectivity index is 3.35. The molecule has 0 saturated heterocycles. The van der Waals surface area contributed by atoms with Crippen molar-refractivity contribution < 1.29 is 5.11 Å². The topological polar surface area (TPSA) is 58.3 Å². The number of aliphatic hydroxyl groups excluding tert-OH is 1. The van der Waals surface area contributed by atoms with Gasteiger partial charge in [-0.3, -0.25) is 0 Å². The van der Waals surface area contributed by atoms with E-state index in [1.165, 1.54) is 0 Å². The quantitative estimate of drug-likeness (QED) is 0.453. The maximum atomic E-state index is 8.97. The summed E-state index contributed by atoms with van der Waals surface area (Å²) in [7, 11) is 0. The molecule has 0 radical (unpaired) electrons. The van der Waals surface area contributed by atoms with Crippen molar-refractivity contribution in [2.45, 2.75) is 51.6 Å². The molecule has 3 nitrogen and oxygen atoms in total. The van der Waals surface area contributed by atoms with Gasteiger partial charge in [0.25, 0.3) is 0 Å². The van der Waals surface area contributed by atoms with E-state index < -0.39 is 0 Å². The van der Waals surface area contributed by atoms with Crippen molar-refractivity contribution in [3.05, 3.63) is 12.3 Å². The molecular weight excluding hydrogens is 176 g/mol. The Morgan fingerprint density at radius 3 is 2.43 bits per heavy atom. The first kappa shape index (κ1) is 13.5. The highest BCUT2D eigenvalue weighted by Gasteiger charge is 2.08. The molecule has 84 valence electrons. The Morgan fingerprint density at radius 2 is 2.00 bits per heavy atom. The third-order valence-electron chi connectivity index (χ3n) is 2.03. The van der Waals surface area contributed by atoms with E-state index in [0.717, 1.165) is 25.8 Å². The third kappa shape index (κ3) is 8.08. The van der Waals surface area contributed by atoms with Crippen molar-refractivity contribution in [2.24, 2.45) is 5.73 Å². The first-order valence-electron chi connectivity index (χ1n) is 5.21. The van der Waals surface area contributed by atoms with Crippen LogP contribution in [0.2, 0.25) is 0 Å². The van der Waals surface area contributed by atoms with Crippen molar-refractivity contribution in [2.75, 3.05) is 6.54 Å². The summed E-state index contributed by atoms with van der Waals surface area (Å²) in [5, 5.41) is 12.4. The van der Waals surface area contributed by atoms with Crippen LogP contribution in [0, 0.1) is 0 Å². The van der Waals surface area contributed by atoms with Gasteiger partial charge in [0.15, 0.2) is 0 Å². The summed E-state index contributed by atoms with van der Waals surface area (Å²) in [4.78, 5) is 0. The van der Waals surface area contributed by atoms with E-state index in [2.05, 4.69) is 32.7 Å². The van der Waals surface area contributed by atoms with Crippen LogP contribution in [0.15, 0.2) is 12.3 Å². The van der Waals surface area contributed by atoms with Crippen LogP contribution in [0.25, 0.3) is 0 Å². The van der Waals surface area contributed by atoms with Crippen LogP contribution in [0.4, 0.5) is 0 Å². The van der Waals surface area contributed by atoms with Gasteiger partial charge >= 0.3 is 0 Å². The zero-order valence-electron chi connectivity index (χ0n) is 9.64. The third-order valence-corrected chi connectivity index (χ3v) is 2.03. The fourth-order valence-electron chi connectivity index (χ4n) is 1.12. The Hall–Kier alpha value is -0.540.